The molecular weight excluding hydrogens is 214 g/mol. The minimum absolute atomic E-state index is 0.520. The van der Waals surface area contributed by atoms with Gasteiger partial charge in [0.2, 0.25) is 0 Å². The van der Waals surface area contributed by atoms with E-state index in [1.54, 1.807) is 0 Å². The molecule has 0 aliphatic heterocycles. The van der Waals surface area contributed by atoms with Gasteiger partial charge < -0.3 is 15.8 Å². The summed E-state index contributed by atoms with van der Waals surface area (Å²) in [6.07, 6.45) is 1.91. The van der Waals surface area contributed by atoms with E-state index in [2.05, 4.69) is 17.2 Å². The van der Waals surface area contributed by atoms with E-state index in [-0.39, 0.29) is 0 Å². The van der Waals surface area contributed by atoms with Crippen LogP contribution in [0, 0.1) is 0 Å². The fourth-order valence-electron chi connectivity index (χ4n) is 1.28. The number of nitrogens with two attached hydrogens (primary N) is 1. The molecule has 1 aromatic rings. The molecule has 4 nitrogen and oxygen atoms in total. The molecule has 0 saturated carbocycles. The zero-order valence-corrected chi connectivity index (χ0v) is 10.4. The van der Waals surface area contributed by atoms with Crippen molar-refractivity contribution in [1.82, 2.24) is 5.32 Å². The highest BCUT2D eigenvalue weighted by Crippen LogP contribution is 2.07. The Balaban J connectivity index is 2.05. The molecule has 0 spiro atoms. The van der Waals surface area contributed by atoms with Crippen LogP contribution in [0.5, 0.6) is 5.75 Å². The van der Waals surface area contributed by atoms with E-state index in [9.17, 15) is 0 Å². The van der Waals surface area contributed by atoms with Crippen molar-refractivity contribution in [2.45, 2.75) is 19.8 Å². The maximum absolute atomic E-state index is 5.65. The number of nitrogens with zero attached hydrogens (tertiary/aromatic N) is 1. The summed E-state index contributed by atoms with van der Waals surface area (Å²) in [7, 11) is 0. The maximum Gasteiger partial charge on any atom is 0.188 e. The smallest absolute Gasteiger partial charge is 0.188 e. The first-order valence-corrected chi connectivity index (χ1v) is 6.04. The molecule has 0 saturated heterocycles. The second kappa shape index (κ2) is 8.44. The second-order valence-corrected chi connectivity index (χ2v) is 3.71. The zero-order chi connectivity index (χ0) is 12.3. The highest BCUT2D eigenvalue weighted by atomic mass is 16.5. The van der Waals surface area contributed by atoms with Crippen LogP contribution in [0.25, 0.3) is 0 Å². The molecule has 0 heterocycles. The lowest BCUT2D eigenvalue weighted by molar-refractivity contribution is 0.311. The van der Waals surface area contributed by atoms with Gasteiger partial charge in [-0.2, -0.15) is 0 Å². The van der Waals surface area contributed by atoms with E-state index in [0.717, 1.165) is 31.7 Å². The van der Waals surface area contributed by atoms with Crippen molar-refractivity contribution < 1.29 is 4.74 Å². The van der Waals surface area contributed by atoms with Gasteiger partial charge in [0.15, 0.2) is 5.96 Å². The summed E-state index contributed by atoms with van der Waals surface area (Å²) < 4.78 is 5.55. The lowest BCUT2D eigenvalue weighted by atomic mass is 10.3. The van der Waals surface area contributed by atoms with Crippen molar-refractivity contribution in [1.29, 1.82) is 0 Å². The predicted octanol–water partition coefficient (Wildman–Crippen LogP) is 1.77. The fourth-order valence-corrected chi connectivity index (χ4v) is 1.28. The highest BCUT2D eigenvalue weighted by Gasteiger charge is 1.93. The standard InChI is InChI=1S/C13H21N3O/c1-2-9-15-13(14)16-10-6-11-17-12-7-4-3-5-8-12/h3-5,7-8H,2,6,9-11H2,1H3,(H3,14,15,16). The molecule has 0 amide bonds. The van der Waals surface area contributed by atoms with Gasteiger partial charge in [-0.1, -0.05) is 25.1 Å². The van der Waals surface area contributed by atoms with Crippen molar-refractivity contribution >= 4 is 5.96 Å². The first kappa shape index (κ1) is 13.4. The topological polar surface area (TPSA) is 59.6 Å². The number of benzene rings is 1. The summed E-state index contributed by atoms with van der Waals surface area (Å²) in [5.74, 6) is 1.42. The number of guanidine groups is 1. The first-order valence-electron chi connectivity index (χ1n) is 6.04. The summed E-state index contributed by atoms with van der Waals surface area (Å²) in [5.41, 5.74) is 5.65. The van der Waals surface area contributed by atoms with Crippen LogP contribution in [-0.4, -0.2) is 25.7 Å². The molecule has 0 radical (unpaired) electrons. The molecule has 0 unspecified atom stereocenters. The SMILES string of the molecule is CCCN=C(N)NCCCOc1ccccc1. The summed E-state index contributed by atoms with van der Waals surface area (Å²) in [6.45, 7) is 4.31. The fraction of sp³-hybridized carbons (Fsp3) is 0.462. The molecule has 0 atom stereocenters. The summed E-state index contributed by atoms with van der Waals surface area (Å²) in [4.78, 5) is 4.14. The van der Waals surface area contributed by atoms with Crippen LogP contribution < -0.4 is 15.8 Å². The molecular formula is C13H21N3O. The molecule has 0 aromatic heterocycles. The van der Waals surface area contributed by atoms with E-state index in [1.807, 2.05) is 30.3 Å². The van der Waals surface area contributed by atoms with Crippen LogP contribution in [0.3, 0.4) is 0 Å². The Morgan fingerprint density at radius 2 is 2.12 bits per heavy atom. The number of hydrogen-bond acceptors (Lipinski definition) is 2. The van der Waals surface area contributed by atoms with Gasteiger partial charge in [-0.05, 0) is 25.0 Å². The number of hydrogen-bond donors (Lipinski definition) is 2. The molecule has 0 bridgehead atoms. The molecule has 4 heteroatoms. The van der Waals surface area contributed by atoms with Gasteiger partial charge in [0, 0.05) is 13.1 Å². The average molecular weight is 235 g/mol. The number of nitrogens with one attached hydrogen (secondary N) is 1. The molecule has 17 heavy (non-hydrogen) atoms. The van der Waals surface area contributed by atoms with Gasteiger partial charge in [0.25, 0.3) is 0 Å². The minimum atomic E-state index is 0.520. The summed E-state index contributed by atoms with van der Waals surface area (Å²) >= 11 is 0. The third-order valence-electron chi connectivity index (χ3n) is 2.14. The van der Waals surface area contributed by atoms with Gasteiger partial charge in [-0.15, -0.1) is 0 Å². The monoisotopic (exact) mass is 235 g/mol. The normalized spacial score (nSPS) is 11.2. The van der Waals surface area contributed by atoms with Crippen LogP contribution in [0.2, 0.25) is 0 Å². The third-order valence-corrected chi connectivity index (χ3v) is 2.14. The maximum atomic E-state index is 5.65. The van der Waals surface area contributed by atoms with Gasteiger partial charge >= 0.3 is 0 Å². The van der Waals surface area contributed by atoms with Crippen LogP contribution in [0.1, 0.15) is 19.8 Å². The van der Waals surface area contributed by atoms with Gasteiger partial charge in [0.1, 0.15) is 5.75 Å². The Hall–Kier alpha value is -1.71. The van der Waals surface area contributed by atoms with Crippen molar-refractivity contribution in [2.75, 3.05) is 19.7 Å². The highest BCUT2D eigenvalue weighted by molar-refractivity contribution is 5.77. The van der Waals surface area contributed by atoms with Crippen molar-refractivity contribution in [2.24, 2.45) is 10.7 Å². The molecule has 1 aromatic carbocycles. The molecule has 0 aliphatic rings. The molecule has 0 aliphatic carbocycles. The van der Waals surface area contributed by atoms with Crippen molar-refractivity contribution in [3.05, 3.63) is 30.3 Å². The van der Waals surface area contributed by atoms with Crippen LogP contribution in [0.15, 0.2) is 35.3 Å². The van der Waals surface area contributed by atoms with Gasteiger partial charge in [-0.3, -0.25) is 4.99 Å². The van der Waals surface area contributed by atoms with E-state index in [1.165, 1.54) is 0 Å². The zero-order valence-electron chi connectivity index (χ0n) is 10.4. The number of ether oxygens (including phenoxy) is 1. The van der Waals surface area contributed by atoms with Crippen molar-refractivity contribution in [3.63, 3.8) is 0 Å². The lowest BCUT2D eigenvalue weighted by Crippen LogP contribution is -2.33. The summed E-state index contributed by atoms with van der Waals surface area (Å²) in [6, 6.07) is 9.79. The Morgan fingerprint density at radius 3 is 2.82 bits per heavy atom. The molecule has 0 fully saturated rings. The van der Waals surface area contributed by atoms with Crippen molar-refractivity contribution in [3.8, 4) is 5.75 Å². The van der Waals surface area contributed by atoms with E-state index in [0.29, 0.717) is 12.6 Å². The van der Waals surface area contributed by atoms with E-state index < -0.39 is 0 Å². The molecule has 1 rings (SSSR count). The van der Waals surface area contributed by atoms with Gasteiger partial charge in [-0.25, -0.2) is 0 Å². The second-order valence-electron chi connectivity index (χ2n) is 3.71. The molecule has 3 N–H and O–H groups in total. The number of rotatable bonds is 7. The van der Waals surface area contributed by atoms with E-state index in [4.69, 9.17) is 10.5 Å². The van der Waals surface area contributed by atoms with E-state index >= 15 is 0 Å². The summed E-state index contributed by atoms with van der Waals surface area (Å²) in [5, 5.41) is 3.05. The largest absolute Gasteiger partial charge is 0.494 e. The Kier molecular flexibility index (Phi) is 6.63. The first-order chi connectivity index (χ1) is 8.33. The quantitative estimate of drug-likeness (QED) is 0.430. The number of aliphatic imine (C=N–C) groups is 1. The number of para-hydroxylation sites is 1. The average Bonchev–Trinajstić information content (AvgIpc) is 2.37. The minimum Gasteiger partial charge on any atom is -0.494 e. The Morgan fingerprint density at radius 1 is 1.35 bits per heavy atom. The van der Waals surface area contributed by atoms with Crippen LogP contribution in [-0.2, 0) is 0 Å². The van der Waals surface area contributed by atoms with Crippen LogP contribution >= 0.6 is 0 Å². The predicted molar refractivity (Wildman–Crippen MR) is 71.3 cm³/mol. The Labute approximate surface area is 103 Å². The van der Waals surface area contributed by atoms with Crippen LogP contribution in [0.4, 0.5) is 0 Å². The lowest BCUT2D eigenvalue weighted by Gasteiger charge is -2.07. The Bertz CT molecular complexity index is 325. The van der Waals surface area contributed by atoms with Gasteiger partial charge in [0.05, 0.1) is 6.61 Å². The molecule has 94 valence electrons. The third kappa shape index (κ3) is 6.45.